The molecule has 0 saturated heterocycles. The van der Waals surface area contributed by atoms with Crippen molar-refractivity contribution in [2.45, 2.75) is 32.6 Å². The first-order chi connectivity index (χ1) is 7.72. The Morgan fingerprint density at radius 2 is 2.44 bits per heavy atom. The molecule has 0 bridgehead atoms. The Balaban J connectivity index is 2.21. The second-order valence-corrected chi connectivity index (χ2v) is 4.65. The van der Waals surface area contributed by atoms with Gasteiger partial charge in [0.2, 0.25) is 0 Å². The molecule has 0 aromatic carbocycles. The van der Waals surface area contributed by atoms with E-state index >= 15 is 0 Å². The molecule has 1 rings (SSSR count). The van der Waals surface area contributed by atoms with E-state index in [-0.39, 0.29) is 0 Å². The zero-order valence-corrected chi connectivity index (χ0v) is 10.9. The fourth-order valence-corrected chi connectivity index (χ4v) is 1.95. The molecule has 1 saturated carbocycles. The van der Waals surface area contributed by atoms with E-state index in [1.807, 2.05) is 0 Å². The highest BCUT2D eigenvalue weighted by atomic mass is 32.1. The van der Waals surface area contributed by atoms with Crippen LogP contribution in [0.15, 0.2) is 5.10 Å². The summed E-state index contributed by atoms with van der Waals surface area (Å²) in [6.45, 7) is 3.63. The lowest BCUT2D eigenvalue weighted by molar-refractivity contribution is 0.204. The second-order valence-electron chi connectivity index (χ2n) is 4.24. The third kappa shape index (κ3) is 5.42. The van der Waals surface area contributed by atoms with Gasteiger partial charge in [0, 0.05) is 19.4 Å². The van der Waals surface area contributed by atoms with Gasteiger partial charge >= 0.3 is 0 Å². The summed E-state index contributed by atoms with van der Waals surface area (Å²) < 4.78 is 4.92. The Bertz CT molecular complexity index is 256. The van der Waals surface area contributed by atoms with Crippen molar-refractivity contribution in [1.29, 1.82) is 0 Å². The average molecular weight is 243 g/mol. The van der Waals surface area contributed by atoms with Crippen molar-refractivity contribution in [3.05, 3.63) is 0 Å². The molecule has 0 amide bonds. The van der Waals surface area contributed by atoms with Crippen LogP contribution >= 0.6 is 12.2 Å². The van der Waals surface area contributed by atoms with Gasteiger partial charge in [-0.25, -0.2) is 0 Å². The van der Waals surface area contributed by atoms with Crippen molar-refractivity contribution in [3.8, 4) is 0 Å². The van der Waals surface area contributed by atoms with Crippen LogP contribution in [0.4, 0.5) is 0 Å². The molecule has 1 aliphatic carbocycles. The predicted molar refractivity (Wildman–Crippen MR) is 70.7 cm³/mol. The number of rotatable bonds is 4. The third-order valence-corrected chi connectivity index (χ3v) is 2.89. The average Bonchev–Trinajstić information content (AvgIpc) is 2.27. The van der Waals surface area contributed by atoms with Crippen molar-refractivity contribution in [2.75, 3.05) is 20.3 Å². The van der Waals surface area contributed by atoms with Gasteiger partial charge in [0.25, 0.3) is 0 Å². The minimum Gasteiger partial charge on any atom is -0.383 e. The summed E-state index contributed by atoms with van der Waals surface area (Å²) in [7, 11) is 1.67. The van der Waals surface area contributed by atoms with Crippen LogP contribution in [-0.4, -0.2) is 31.1 Å². The number of hydrazone groups is 1. The molecule has 1 atom stereocenters. The van der Waals surface area contributed by atoms with E-state index in [4.69, 9.17) is 17.0 Å². The van der Waals surface area contributed by atoms with Crippen LogP contribution in [0, 0.1) is 5.92 Å². The lowest BCUT2D eigenvalue weighted by Crippen LogP contribution is -2.35. The number of thiocarbonyl (C=S) groups is 1. The molecule has 16 heavy (non-hydrogen) atoms. The number of ether oxygens (including phenoxy) is 1. The Morgan fingerprint density at radius 1 is 1.62 bits per heavy atom. The predicted octanol–water partition coefficient (Wildman–Crippen LogP) is 1.66. The molecule has 4 nitrogen and oxygen atoms in total. The number of nitrogens with zero attached hydrogens (tertiary/aromatic N) is 1. The lowest BCUT2D eigenvalue weighted by Gasteiger charge is -2.19. The zero-order chi connectivity index (χ0) is 11.8. The first-order valence-corrected chi connectivity index (χ1v) is 6.21. The first-order valence-electron chi connectivity index (χ1n) is 5.80. The fourth-order valence-electron chi connectivity index (χ4n) is 1.80. The van der Waals surface area contributed by atoms with Gasteiger partial charge in [-0.15, -0.1) is 0 Å². The summed E-state index contributed by atoms with van der Waals surface area (Å²) in [6, 6.07) is 0. The van der Waals surface area contributed by atoms with E-state index in [1.54, 1.807) is 7.11 Å². The van der Waals surface area contributed by atoms with Gasteiger partial charge in [-0.3, -0.25) is 5.43 Å². The molecule has 0 unspecified atom stereocenters. The maximum absolute atomic E-state index is 5.08. The monoisotopic (exact) mass is 243 g/mol. The summed E-state index contributed by atoms with van der Waals surface area (Å²) >= 11 is 5.08. The summed E-state index contributed by atoms with van der Waals surface area (Å²) in [5.41, 5.74) is 4.12. The smallest absolute Gasteiger partial charge is 0.187 e. The summed E-state index contributed by atoms with van der Waals surface area (Å²) in [4.78, 5) is 0. The molecule has 5 heteroatoms. The lowest BCUT2D eigenvalue weighted by atomic mass is 9.89. The van der Waals surface area contributed by atoms with E-state index in [0.29, 0.717) is 18.3 Å². The molecule has 1 fully saturated rings. The quantitative estimate of drug-likeness (QED) is 0.448. The van der Waals surface area contributed by atoms with Gasteiger partial charge in [0.1, 0.15) is 0 Å². The Kier molecular flexibility index (Phi) is 6.33. The summed E-state index contributed by atoms with van der Waals surface area (Å²) in [5, 5.41) is 7.93. The summed E-state index contributed by atoms with van der Waals surface area (Å²) in [5.74, 6) is 0.754. The van der Waals surface area contributed by atoms with Crippen molar-refractivity contribution >= 4 is 23.0 Å². The van der Waals surface area contributed by atoms with Crippen molar-refractivity contribution in [2.24, 2.45) is 11.0 Å². The molecular formula is C11H21N3OS. The maximum atomic E-state index is 5.08. The number of methoxy groups -OCH3 is 1. The van der Waals surface area contributed by atoms with Gasteiger partial charge < -0.3 is 10.1 Å². The molecule has 0 aromatic heterocycles. The summed E-state index contributed by atoms with van der Waals surface area (Å²) in [6.07, 6.45) is 4.74. The largest absolute Gasteiger partial charge is 0.383 e. The normalized spacial score (nSPS) is 23.1. The first kappa shape index (κ1) is 13.4. The van der Waals surface area contributed by atoms with Gasteiger partial charge in [0.15, 0.2) is 5.11 Å². The van der Waals surface area contributed by atoms with Crippen LogP contribution in [-0.2, 0) is 4.74 Å². The van der Waals surface area contributed by atoms with E-state index in [2.05, 4.69) is 22.8 Å². The minimum absolute atomic E-state index is 0.572. The second kappa shape index (κ2) is 7.57. The van der Waals surface area contributed by atoms with Gasteiger partial charge in [-0.05, 0) is 43.8 Å². The van der Waals surface area contributed by atoms with Gasteiger partial charge in [-0.1, -0.05) is 6.92 Å². The third-order valence-electron chi connectivity index (χ3n) is 2.65. The van der Waals surface area contributed by atoms with Gasteiger partial charge in [0.05, 0.1) is 6.61 Å². The number of nitrogens with one attached hydrogen (secondary N) is 2. The van der Waals surface area contributed by atoms with Crippen molar-refractivity contribution in [1.82, 2.24) is 10.7 Å². The Labute approximate surface area is 103 Å². The van der Waals surface area contributed by atoms with E-state index < -0.39 is 0 Å². The molecule has 0 aliphatic heterocycles. The molecule has 2 N–H and O–H groups in total. The molecule has 0 aromatic rings. The van der Waals surface area contributed by atoms with E-state index in [9.17, 15) is 0 Å². The molecule has 92 valence electrons. The van der Waals surface area contributed by atoms with Crippen molar-refractivity contribution in [3.63, 3.8) is 0 Å². The van der Waals surface area contributed by atoms with Crippen LogP contribution in [0.1, 0.15) is 32.6 Å². The molecular weight excluding hydrogens is 222 g/mol. The fraction of sp³-hybridized carbons (Fsp3) is 0.818. The van der Waals surface area contributed by atoms with Gasteiger partial charge in [-0.2, -0.15) is 5.10 Å². The topological polar surface area (TPSA) is 45.6 Å². The van der Waals surface area contributed by atoms with Crippen LogP contribution in [0.5, 0.6) is 0 Å². The standard InChI is InChI=1S/C11H21N3OS/c1-9-4-3-5-10(8-9)13-14-11(16)12-6-7-15-2/h9H,3-8H2,1-2H3,(H2,12,14,16)/b13-10-/t9-/m1/s1. The highest BCUT2D eigenvalue weighted by Gasteiger charge is 2.13. The molecule has 0 spiro atoms. The van der Waals surface area contributed by atoms with E-state index in [0.717, 1.165) is 18.8 Å². The van der Waals surface area contributed by atoms with Crippen LogP contribution < -0.4 is 10.7 Å². The Hall–Kier alpha value is -0.680. The number of hydrogen-bond acceptors (Lipinski definition) is 3. The zero-order valence-electron chi connectivity index (χ0n) is 10.1. The van der Waals surface area contributed by atoms with Crippen LogP contribution in [0.2, 0.25) is 0 Å². The van der Waals surface area contributed by atoms with E-state index in [1.165, 1.54) is 18.6 Å². The molecule has 1 aliphatic rings. The highest BCUT2D eigenvalue weighted by Crippen LogP contribution is 2.20. The van der Waals surface area contributed by atoms with Crippen LogP contribution in [0.25, 0.3) is 0 Å². The molecule has 0 heterocycles. The minimum atomic E-state index is 0.572. The highest BCUT2D eigenvalue weighted by molar-refractivity contribution is 7.80. The van der Waals surface area contributed by atoms with Crippen molar-refractivity contribution < 1.29 is 4.74 Å². The van der Waals surface area contributed by atoms with Crippen LogP contribution in [0.3, 0.4) is 0 Å². The molecule has 0 radical (unpaired) electrons. The maximum Gasteiger partial charge on any atom is 0.187 e. The SMILES string of the molecule is COCCNC(=S)N/N=C1/CCC[C@@H](C)C1. The Morgan fingerprint density at radius 3 is 3.12 bits per heavy atom. The number of hydrogen-bond donors (Lipinski definition) is 2.